The first-order chi connectivity index (χ1) is 14.7. The summed E-state index contributed by atoms with van der Waals surface area (Å²) in [5.74, 6) is 1.61. The van der Waals surface area contributed by atoms with Gasteiger partial charge in [0.05, 0.1) is 18.2 Å². The van der Waals surface area contributed by atoms with Crippen LogP contribution in [0.5, 0.6) is 0 Å². The molecule has 1 aliphatic carbocycles. The van der Waals surface area contributed by atoms with Crippen LogP contribution in [0.1, 0.15) is 30.5 Å². The van der Waals surface area contributed by atoms with E-state index >= 15 is 0 Å². The predicted molar refractivity (Wildman–Crippen MR) is 115 cm³/mol. The van der Waals surface area contributed by atoms with Crippen LogP contribution >= 0.6 is 0 Å². The fourth-order valence-corrected chi connectivity index (χ4v) is 5.03. The number of piperidine rings is 1. The van der Waals surface area contributed by atoms with Crippen molar-refractivity contribution in [2.75, 3.05) is 18.0 Å². The lowest BCUT2D eigenvalue weighted by atomic mass is 9.77. The fraction of sp³-hybridized carbons (Fsp3) is 0.348. The topological polar surface area (TPSA) is 72.6 Å². The Balaban J connectivity index is 1.37. The maximum Gasteiger partial charge on any atom is 0.227 e. The average Bonchev–Trinajstić information content (AvgIpc) is 3.34. The fourth-order valence-electron chi connectivity index (χ4n) is 5.03. The van der Waals surface area contributed by atoms with Crippen LogP contribution in [-0.4, -0.2) is 42.6 Å². The van der Waals surface area contributed by atoms with Crippen molar-refractivity contribution in [3.63, 3.8) is 0 Å². The van der Waals surface area contributed by atoms with Crippen molar-refractivity contribution < 1.29 is 0 Å². The van der Waals surface area contributed by atoms with Crippen LogP contribution < -0.4 is 4.90 Å². The molecule has 7 heteroatoms. The molecule has 30 heavy (non-hydrogen) atoms. The molecule has 4 aromatic rings. The highest BCUT2D eigenvalue weighted by atomic mass is 15.3. The molecule has 0 saturated carbocycles. The molecule has 1 fully saturated rings. The van der Waals surface area contributed by atoms with E-state index in [-0.39, 0.29) is 5.41 Å². The lowest BCUT2D eigenvalue weighted by Crippen LogP contribution is -2.46. The van der Waals surface area contributed by atoms with Gasteiger partial charge in [0.15, 0.2) is 11.5 Å². The van der Waals surface area contributed by atoms with Crippen LogP contribution in [0.2, 0.25) is 0 Å². The molecule has 1 atom stereocenters. The van der Waals surface area contributed by atoms with Gasteiger partial charge in [-0.25, -0.2) is 19.9 Å². The van der Waals surface area contributed by atoms with Crippen molar-refractivity contribution in [1.29, 1.82) is 0 Å². The molecule has 0 radical (unpaired) electrons. The Labute approximate surface area is 174 Å². The molecular formula is C23H23N7. The Kier molecular flexibility index (Phi) is 3.84. The summed E-state index contributed by atoms with van der Waals surface area (Å²) in [6, 6.07) is 10.3. The molecule has 3 aromatic heterocycles. The number of nitrogens with zero attached hydrogens (tertiary/aromatic N) is 7. The van der Waals surface area contributed by atoms with Gasteiger partial charge in [0.2, 0.25) is 5.95 Å². The monoisotopic (exact) mass is 397 g/mol. The highest BCUT2D eigenvalue weighted by Gasteiger charge is 2.44. The van der Waals surface area contributed by atoms with E-state index in [0.29, 0.717) is 0 Å². The minimum atomic E-state index is 0.0465. The number of anilines is 1. The standard InChI is InChI=1S/C23H23N7/c1-29-15-26-18-13-25-22(28-21(18)29)30-11-5-9-23(14-30)10-8-17-12-24-20(27-19(17)23)16-6-3-2-4-7-16/h2-4,6-7,12-13,15H,5,8-11,14H2,1H3. The number of fused-ring (bicyclic) bond motifs is 3. The normalized spacial score (nSPS) is 20.8. The summed E-state index contributed by atoms with van der Waals surface area (Å²) in [6.07, 6.45) is 10.1. The van der Waals surface area contributed by atoms with Crippen LogP contribution in [0.25, 0.3) is 22.6 Å². The number of benzene rings is 1. The van der Waals surface area contributed by atoms with Crippen LogP contribution in [0.3, 0.4) is 0 Å². The first kappa shape index (κ1) is 17.5. The van der Waals surface area contributed by atoms with Gasteiger partial charge in [-0.05, 0) is 31.2 Å². The van der Waals surface area contributed by atoms with E-state index in [1.54, 1.807) is 6.33 Å². The summed E-state index contributed by atoms with van der Waals surface area (Å²) in [4.78, 5) is 25.9. The van der Waals surface area contributed by atoms with Crippen molar-refractivity contribution >= 4 is 17.1 Å². The van der Waals surface area contributed by atoms with Crippen LogP contribution in [0.15, 0.2) is 49.1 Å². The zero-order valence-electron chi connectivity index (χ0n) is 17.0. The van der Waals surface area contributed by atoms with Gasteiger partial charge in [-0.2, -0.15) is 4.98 Å². The van der Waals surface area contributed by atoms with E-state index in [1.165, 1.54) is 11.3 Å². The molecule has 1 aromatic carbocycles. The summed E-state index contributed by atoms with van der Waals surface area (Å²) in [7, 11) is 1.97. The maximum absolute atomic E-state index is 5.09. The maximum atomic E-state index is 5.09. The molecule has 6 rings (SSSR count). The summed E-state index contributed by atoms with van der Waals surface area (Å²) in [6.45, 7) is 1.87. The molecule has 4 heterocycles. The number of hydrogen-bond acceptors (Lipinski definition) is 6. The Hall–Kier alpha value is -3.35. The molecule has 1 unspecified atom stereocenters. The van der Waals surface area contributed by atoms with Crippen molar-refractivity contribution in [2.45, 2.75) is 31.1 Å². The molecular weight excluding hydrogens is 374 g/mol. The smallest absolute Gasteiger partial charge is 0.227 e. The summed E-state index contributed by atoms with van der Waals surface area (Å²) in [5.41, 5.74) is 5.34. The Morgan fingerprint density at radius 1 is 0.967 bits per heavy atom. The first-order valence-electron chi connectivity index (χ1n) is 10.5. The van der Waals surface area contributed by atoms with Crippen molar-refractivity contribution in [3.8, 4) is 11.4 Å². The van der Waals surface area contributed by atoms with Crippen molar-refractivity contribution in [2.24, 2.45) is 7.05 Å². The SMILES string of the molecule is Cn1cnc2cnc(N3CCCC4(CCc5cnc(-c6ccccc6)nc54)C3)nc21. The third kappa shape index (κ3) is 2.69. The predicted octanol–water partition coefficient (Wildman–Crippen LogP) is 3.30. The zero-order valence-corrected chi connectivity index (χ0v) is 17.0. The molecule has 150 valence electrons. The van der Waals surface area contributed by atoms with E-state index in [1.807, 2.05) is 42.2 Å². The Morgan fingerprint density at radius 2 is 1.87 bits per heavy atom. The van der Waals surface area contributed by atoms with Gasteiger partial charge in [-0.15, -0.1) is 0 Å². The largest absolute Gasteiger partial charge is 0.340 e. The lowest BCUT2D eigenvalue weighted by Gasteiger charge is -2.40. The minimum absolute atomic E-state index is 0.0465. The lowest BCUT2D eigenvalue weighted by molar-refractivity contribution is 0.332. The summed E-state index contributed by atoms with van der Waals surface area (Å²) < 4.78 is 1.95. The van der Waals surface area contributed by atoms with Crippen molar-refractivity contribution in [3.05, 3.63) is 60.3 Å². The third-order valence-corrected chi connectivity index (χ3v) is 6.57. The highest BCUT2D eigenvalue weighted by molar-refractivity contribution is 5.71. The molecule has 0 bridgehead atoms. The highest BCUT2D eigenvalue weighted by Crippen LogP contribution is 2.44. The van der Waals surface area contributed by atoms with Crippen molar-refractivity contribution in [1.82, 2.24) is 29.5 Å². The molecule has 1 aliphatic heterocycles. The summed E-state index contributed by atoms with van der Waals surface area (Å²) >= 11 is 0. The first-order valence-corrected chi connectivity index (χ1v) is 10.5. The van der Waals surface area contributed by atoms with Crippen LogP contribution in [-0.2, 0) is 18.9 Å². The minimum Gasteiger partial charge on any atom is -0.340 e. The number of aromatic nitrogens is 6. The molecule has 2 aliphatic rings. The second-order valence-electron chi connectivity index (χ2n) is 8.47. The van der Waals surface area contributed by atoms with E-state index in [4.69, 9.17) is 9.97 Å². The summed E-state index contributed by atoms with van der Waals surface area (Å²) in [5, 5.41) is 0. The van der Waals surface area contributed by atoms with Gasteiger partial charge in [0.25, 0.3) is 0 Å². The number of rotatable bonds is 2. The van der Waals surface area contributed by atoms with E-state index in [9.17, 15) is 0 Å². The molecule has 0 N–H and O–H groups in total. The molecule has 1 saturated heterocycles. The second kappa shape index (κ2) is 6.58. The van der Waals surface area contributed by atoms with Crippen LogP contribution in [0.4, 0.5) is 5.95 Å². The van der Waals surface area contributed by atoms with Gasteiger partial charge in [0.1, 0.15) is 5.52 Å². The van der Waals surface area contributed by atoms with E-state index in [2.05, 4.69) is 32.0 Å². The molecule has 1 spiro atoms. The Bertz CT molecular complexity index is 1230. The van der Waals surface area contributed by atoms with Gasteiger partial charge in [-0.1, -0.05) is 30.3 Å². The van der Waals surface area contributed by atoms with E-state index < -0.39 is 0 Å². The zero-order chi connectivity index (χ0) is 20.1. The van der Waals surface area contributed by atoms with Gasteiger partial charge >= 0.3 is 0 Å². The average molecular weight is 397 g/mol. The third-order valence-electron chi connectivity index (χ3n) is 6.57. The number of hydrogen-bond donors (Lipinski definition) is 0. The molecule has 7 nitrogen and oxygen atoms in total. The second-order valence-corrected chi connectivity index (χ2v) is 8.47. The van der Waals surface area contributed by atoms with Gasteiger partial charge < -0.3 is 9.47 Å². The van der Waals surface area contributed by atoms with Gasteiger partial charge in [-0.3, -0.25) is 0 Å². The Morgan fingerprint density at radius 3 is 2.77 bits per heavy atom. The van der Waals surface area contributed by atoms with Crippen LogP contribution in [0, 0.1) is 0 Å². The van der Waals surface area contributed by atoms with Gasteiger partial charge in [0, 0.05) is 37.3 Å². The molecule has 0 amide bonds. The quantitative estimate of drug-likeness (QED) is 0.517. The number of imidazole rings is 1. The van der Waals surface area contributed by atoms with E-state index in [0.717, 1.165) is 67.3 Å². The number of aryl methyl sites for hydroxylation is 2.